The van der Waals surface area contributed by atoms with Crippen LogP contribution in [0.25, 0.3) is 0 Å². The Morgan fingerprint density at radius 2 is 2.05 bits per heavy atom. The molecule has 112 valence electrons. The van der Waals surface area contributed by atoms with Crippen LogP contribution in [-0.4, -0.2) is 25.0 Å². The SMILES string of the molecule is CCCC(C)(NS(=O)(=O)c1ccc(C)cc1Br)C(=O)O. The van der Waals surface area contributed by atoms with Crippen LogP contribution in [0.2, 0.25) is 0 Å². The van der Waals surface area contributed by atoms with E-state index in [1.54, 1.807) is 19.1 Å². The first-order chi connectivity index (χ1) is 9.12. The lowest BCUT2D eigenvalue weighted by molar-refractivity contribution is -0.143. The zero-order valence-corrected chi connectivity index (χ0v) is 14.0. The summed E-state index contributed by atoms with van der Waals surface area (Å²) in [6, 6.07) is 4.79. The molecule has 0 saturated carbocycles. The van der Waals surface area contributed by atoms with Gasteiger partial charge in [0, 0.05) is 4.47 Å². The second kappa shape index (κ2) is 6.24. The topological polar surface area (TPSA) is 83.5 Å². The Morgan fingerprint density at radius 1 is 1.45 bits per heavy atom. The molecule has 0 bridgehead atoms. The van der Waals surface area contributed by atoms with Crippen molar-refractivity contribution in [2.24, 2.45) is 0 Å². The van der Waals surface area contributed by atoms with Crippen LogP contribution in [0.4, 0.5) is 0 Å². The van der Waals surface area contributed by atoms with Crippen molar-refractivity contribution in [3.8, 4) is 0 Å². The van der Waals surface area contributed by atoms with Gasteiger partial charge >= 0.3 is 5.97 Å². The molecule has 5 nitrogen and oxygen atoms in total. The van der Waals surface area contributed by atoms with E-state index in [2.05, 4.69) is 20.7 Å². The third-order valence-corrected chi connectivity index (χ3v) is 5.53. The molecule has 0 aliphatic rings. The minimum Gasteiger partial charge on any atom is -0.480 e. The molecule has 7 heteroatoms. The van der Waals surface area contributed by atoms with E-state index in [1.165, 1.54) is 13.0 Å². The number of rotatable bonds is 6. The van der Waals surface area contributed by atoms with E-state index in [-0.39, 0.29) is 11.3 Å². The summed E-state index contributed by atoms with van der Waals surface area (Å²) < 4.78 is 27.4. The standard InChI is InChI=1S/C13H18BrNO4S/c1-4-7-13(3,12(16)17)15-20(18,19)11-6-5-9(2)8-10(11)14/h5-6,8,15H,4,7H2,1-3H3,(H,16,17). The average Bonchev–Trinajstić information content (AvgIpc) is 2.27. The van der Waals surface area contributed by atoms with Crippen LogP contribution in [0.5, 0.6) is 0 Å². The minimum atomic E-state index is -3.91. The normalized spacial score (nSPS) is 14.8. The first kappa shape index (κ1) is 17.1. The predicted octanol–water partition coefficient (Wildman–Crippen LogP) is 2.68. The molecule has 0 radical (unpaired) electrons. The van der Waals surface area contributed by atoms with Gasteiger partial charge in [0.2, 0.25) is 10.0 Å². The summed E-state index contributed by atoms with van der Waals surface area (Å²) in [5.41, 5.74) is -0.608. The van der Waals surface area contributed by atoms with E-state index in [9.17, 15) is 18.3 Å². The Kier molecular flexibility index (Phi) is 5.34. The van der Waals surface area contributed by atoms with Crippen molar-refractivity contribution in [2.45, 2.75) is 44.0 Å². The maximum atomic E-state index is 12.4. The summed E-state index contributed by atoms with van der Waals surface area (Å²) in [7, 11) is -3.91. The summed E-state index contributed by atoms with van der Waals surface area (Å²) in [6.45, 7) is 5.02. The van der Waals surface area contributed by atoms with Gasteiger partial charge in [-0.05, 0) is 53.9 Å². The van der Waals surface area contributed by atoms with Crippen LogP contribution in [0, 0.1) is 6.92 Å². The molecule has 0 amide bonds. The van der Waals surface area contributed by atoms with Gasteiger partial charge in [0.05, 0.1) is 4.90 Å². The molecule has 1 unspecified atom stereocenters. The fourth-order valence-corrected chi connectivity index (χ4v) is 4.46. The maximum absolute atomic E-state index is 12.4. The highest BCUT2D eigenvalue weighted by atomic mass is 79.9. The van der Waals surface area contributed by atoms with E-state index in [4.69, 9.17) is 0 Å². The number of hydrogen-bond acceptors (Lipinski definition) is 3. The van der Waals surface area contributed by atoms with Crippen molar-refractivity contribution in [3.63, 3.8) is 0 Å². The van der Waals surface area contributed by atoms with Crippen LogP contribution >= 0.6 is 15.9 Å². The monoisotopic (exact) mass is 363 g/mol. The van der Waals surface area contributed by atoms with Crippen LogP contribution in [-0.2, 0) is 14.8 Å². The molecule has 0 aliphatic heterocycles. The number of sulfonamides is 1. The molecule has 1 atom stereocenters. The lowest BCUT2D eigenvalue weighted by Crippen LogP contribution is -2.51. The number of hydrogen-bond donors (Lipinski definition) is 2. The molecule has 0 fully saturated rings. The zero-order valence-electron chi connectivity index (χ0n) is 11.6. The van der Waals surface area contributed by atoms with Crippen LogP contribution in [0.15, 0.2) is 27.6 Å². The van der Waals surface area contributed by atoms with Gasteiger partial charge in [-0.2, -0.15) is 4.72 Å². The highest BCUT2D eigenvalue weighted by Crippen LogP contribution is 2.25. The molecule has 2 N–H and O–H groups in total. The summed E-state index contributed by atoms with van der Waals surface area (Å²) in [4.78, 5) is 11.4. The molecular weight excluding hydrogens is 346 g/mol. The van der Waals surface area contributed by atoms with Crippen molar-refractivity contribution < 1.29 is 18.3 Å². The fraction of sp³-hybridized carbons (Fsp3) is 0.462. The van der Waals surface area contributed by atoms with Crippen molar-refractivity contribution >= 4 is 31.9 Å². The molecule has 1 aromatic rings. The first-order valence-corrected chi connectivity index (χ1v) is 8.43. The van der Waals surface area contributed by atoms with Crippen molar-refractivity contribution in [1.82, 2.24) is 4.72 Å². The molecular formula is C13H18BrNO4S. The fourth-order valence-electron chi connectivity index (χ4n) is 1.88. The van der Waals surface area contributed by atoms with Gasteiger partial charge in [0.1, 0.15) is 5.54 Å². The highest BCUT2D eigenvalue weighted by molar-refractivity contribution is 9.10. The van der Waals surface area contributed by atoms with Gasteiger partial charge in [0.25, 0.3) is 0 Å². The quantitative estimate of drug-likeness (QED) is 0.813. The number of carbonyl (C=O) groups is 1. The van der Waals surface area contributed by atoms with Crippen LogP contribution in [0.1, 0.15) is 32.3 Å². The molecule has 0 aromatic heterocycles. The lowest BCUT2D eigenvalue weighted by atomic mass is 9.98. The smallest absolute Gasteiger partial charge is 0.324 e. The highest BCUT2D eigenvalue weighted by Gasteiger charge is 2.37. The molecule has 0 aliphatic carbocycles. The number of halogens is 1. The lowest BCUT2D eigenvalue weighted by Gasteiger charge is -2.25. The maximum Gasteiger partial charge on any atom is 0.324 e. The Labute approximate surface area is 127 Å². The van der Waals surface area contributed by atoms with E-state index in [1.807, 2.05) is 6.92 Å². The number of benzene rings is 1. The number of nitrogens with one attached hydrogen (secondary N) is 1. The largest absolute Gasteiger partial charge is 0.480 e. The predicted molar refractivity (Wildman–Crippen MR) is 80.1 cm³/mol. The summed E-state index contributed by atoms with van der Waals surface area (Å²) >= 11 is 3.20. The molecule has 1 aromatic carbocycles. The van der Waals surface area contributed by atoms with Crippen LogP contribution in [0.3, 0.4) is 0 Å². The average molecular weight is 364 g/mol. The molecule has 0 spiro atoms. The molecule has 0 saturated heterocycles. The van der Waals surface area contributed by atoms with Gasteiger partial charge in [-0.3, -0.25) is 4.79 Å². The Morgan fingerprint density at radius 3 is 2.50 bits per heavy atom. The number of aryl methyl sites for hydroxylation is 1. The van der Waals surface area contributed by atoms with Crippen molar-refractivity contribution in [1.29, 1.82) is 0 Å². The Balaban J connectivity index is 3.20. The zero-order chi connectivity index (χ0) is 15.6. The number of carboxylic acids is 1. The van der Waals surface area contributed by atoms with E-state index in [0.717, 1.165) is 5.56 Å². The minimum absolute atomic E-state index is 0.0340. The van der Waals surface area contributed by atoms with Gasteiger partial charge < -0.3 is 5.11 Å². The Hall–Kier alpha value is -0.920. The van der Waals surface area contributed by atoms with E-state index in [0.29, 0.717) is 10.9 Å². The molecule has 1 rings (SSSR count). The Bertz CT molecular complexity index is 615. The number of aliphatic carboxylic acids is 1. The van der Waals surface area contributed by atoms with Gasteiger partial charge in [-0.25, -0.2) is 8.42 Å². The summed E-state index contributed by atoms with van der Waals surface area (Å²) in [6.07, 6.45) is 0.769. The van der Waals surface area contributed by atoms with Gasteiger partial charge in [0.15, 0.2) is 0 Å². The second-order valence-corrected chi connectivity index (χ2v) is 7.43. The van der Waals surface area contributed by atoms with Gasteiger partial charge in [-0.15, -0.1) is 0 Å². The third kappa shape index (κ3) is 3.80. The third-order valence-electron chi connectivity index (χ3n) is 2.96. The first-order valence-electron chi connectivity index (χ1n) is 6.16. The molecule has 0 heterocycles. The van der Waals surface area contributed by atoms with E-state index >= 15 is 0 Å². The van der Waals surface area contributed by atoms with Crippen molar-refractivity contribution in [3.05, 3.63) is 28.2 Å². The summed E-state index contributed by atoms with van der Waals surface area (Å²) in [5, 5.41) is 9.25. The van der Waals surface area contributed by atoms with Gasteiger partial charge in [-0.1, -0.05) is 19.4 Å². The van der Waals surface area contributed by atoms with Crippen molar-refractivity contribution in [2.75, 3.05) is 0 Å². The molecule has 20 heavy (non-hydrogen) atoms. The summed E-state index contributed by atoms with van der Waals surface area (Å²) in [5.74, 6) is -1.19. The van der Waals surface area contributed by atoms with E-state index < -0.39 is 21.5 Å². The number of carboxylic acid groups (broad SMARTS) is 1. The second-order valence-electron chi connectivity index (χ2n) is 4.93. The van der Waals surface area contributed by atoms with Crippen LogP contribution < -0.4 is 4.72 Å².